The van der Waals surface area contributed by atoms with Gasteiger partial charge in [-0.15, -0.1) is 0 Å². The molecule has 0 aliphatic heterocycles. The lowest BCUT2D eigenvalue weighted by Crippen LogP contribution is -2.11. The summed E-state index contributed by atoms with van der Waals surface area (Å²) < 4.78 is 13.1. The van der Waals surface area contributed by atoms with Crippen molar-refractivity contribution >= 4 is 11.6 Å². The van der Waals surface area contributed by atoms with Crippen LogP contribution in [0.25, 0.3) is 0 Å². The van der Waals surface area contributed by atoms with Crippen LogP contribution in [0.1, 0.15) is 12.0 Å². The van der Waals surface area contributed by atoms with Gasteiger partial charge < -0.3 is 5.32 Å². The van der Waals surface area contributed by atoms with Gasteiger partial charge in [-0.05, 0) is 18.2 Å². The molecule has 74 valence electrons. The highest BCUT2D eigenvalue weighted by Crippen LogP contribution is 2.15. The summed E-state index contributed by atoms with van der Waals surface area (Å²) in [5, 5.41) is 19.0. The molecule has 0 atom stereocenters. The van der Waals surface area contributed by atoms with Gasteiger partial charge >= 0.3 is 0 Å². The predicted molar refractivity (Wildman–Crippen MR) is 50.0 cm³/mol. The Bertz CT molecular complexity index is 471. The molecule has 0 fully saturated rings. The maximum absolute atomic E-state index is 13.1. The van der Waals surface area contributed by atoms with Gasteiger partial charge in [0.2, 0.25) is 5.91 Å². The second-order valence-corrected chi connectivity index (χ2v) is 2.69. The van der Waals surface area contributed by atoms with Crippen molar-refractivity contribution in [1.29, 1.82) is 10.5 Å². The van der Waals surface area contributed by atoms with Crippen LogP contribution in [0.15, 0.2) is 18.2 Å². The minimum absolute atomic E-state index is 0.0886. The number of anilines is 1. The van der Waals surface area contributed by atoms with Gasteiger partial charge in [0.25, 0.3) is 0 Å². The highest BCUT2D eigenvalue weighted by Gasteiger charge is 2.07. The molecule has 0 aliphatic carbocycles. The molecule has 1 N–H and O–H groups in total. The van der Waals surface area contributed by atoms with E-state index in [2.05, 4.69) is 5.32 Å². The van der Waals surface area contributed by atoms with E-state index in [1.165, 1.54) is 12.1 Å². The van der Waals surface area contributed by atoms with Crippen LogP contribution in [0, 0.1) is 28.5 Å². The van der Waals surface area contributed by atoms with Crippen molar-refractivity contribution in [3.63, 3.8) is 0 Å². The molecule has 0 aromatic heterocycles. The van der Waals surface area contributed by atoms with Gasteiger partial charge in [0.05, 0.1) is 23.4 Å². The molecule has 0 aliphatic rings. The molecule has 0 saturated heterocycles. The lowest BCUT2D eigenvalue weighted by molar-refractivity contribution is -0.115. The zero-order valence-electron chi connectivity index (χ0n) is 7.62. The number of halogens is 1. The van der Waals surface area contributed by atoms with Gasteiger partial charge in [-0.3, -0.25) is 4.79 Å². The minimum Gasteiger partial charge on any atom is -0.323 e. The van der Waals surface area contributed by atoms with Crippen molar-refractivity contribution in [1.82, 2.24) is 0 Å². The summed E-state index contributed by atoms with van der Waals surface area (Å²) in [6, 6.07) is 7.05. The first-order valence-corrected chi connectivity index (χ1v) is 4.04. The summed E-state index contributed by atoms with van der Waals surface area (Å²) in [6.45, 7) is 0. The van der Waals surface area contributed by atoms with Gasteiger partial charge in [-0.2, -0.15) is 10.5 Å². The van der Waals surface area contributed by atoms with Crippen LogP contribution < -0.4 is 5.32 Å². The number of nitrogens with zero attached hydrogens (tertiary/aromatic N) is 2. The Morgan fingerprint density at radius 1 is 1.47 bits per heavy atom. The molecule has 1 aromatic rings. The Balaban J connectivity index is 2.90. The third-order valence-corrected chi connectivity index (χ3v) is 1.61. The molecule has 1 aromatic carbocycles. The molecule has 5 heteroatoms. The van der Waals surface area contributed by atoms with Crippen LogP contribution in [0.4, 0.5) is 10.1 Å². The molecular formula is C10H6FN3O. The summed E-state index contributed by atoms with van der Waals surface area (Å²) in [6.07, 6.45) is -0.351. The van der Waals surface area contributed by atoms with E-state index in [1.807, 2.05) is 6.07 Å². The van der Waals surface area contributed by atoms with Gasteiger partial charge in [-0.25, -0.2) is 4.39 Å². The van der Waals surface area contributed by atoms with Gasteiger partial charge in [0.1, 0.15) is 12.2 Å². The highest BCUT2D eigenvalue weighted by molar-refractivity contribution is 5.92. The Morgan fingerprint density at radius 2 is 2.20 bits per heavy atom. The van der Waals surface area contributed by atoms with Crippen LogP contribution >= 0.6 is 0 Å². The third-order valence-electron chi connectivity index (χ3n) is 1.61. The number of amides is 1. The van der Waals surface area contributed by atoms with E-state index in [-0.39, 0.29) is 17.7 Å². The van der Waals surface area contributed by atoms with Crippen LogP contribution in [-0.2, 0) is 4.79 Å². The van der Waals surface area contributed by atoms with Gasteiger partial charge in [0, 0.05) is 0 Å². The molecule has 0 unspecified atom stereocenters. The SMILES string of the molecule is N#CCC(=O)Nc1cc(C#N)ccc1F. The maximum Gasteiger partial charge on any atom is 0.238 e. The Morgan fingerprint density at radius 3 is 2.80 bits per heavy atom. The average molecular weight is 203 g/mol. The maximum atomic E-state index is 13.1. The number of carbonyl (C=O) groups excluding carboxylic acids is 1. The molecule has 0 saturated carbocycles. The Labute approximate surface area is 85.6 Å². The van der Waals surface area contributed by atoms with Crippen molar-refractivity contribution < 1.29 is 9.18 Å². The summed E-state index contributed by atoms with van der Waals surface area (Å²) >= 11 is 0. The standard InChI is InChI=1S/C10H6FN3O/c11-8-2-1-7(6-13)5-9(8)14-10(15)3-4-12/h1-2,5H,3H2,(H,14,15). The van der Waals surface area contributed by atoms with Crippen molar-refractivity contribution in [3.05, 3.63) is 29.6 Å². The van der Waals surface area contributed by atoms with Crippen LogP contribution in [0.5, 0.6) is 0 Å². The first kappa shape index (κ1) is 10.7. The van der Waals surface area contributed by atoms with Crippen molar-refractivity contribution in [2.75, 3.05) is 5.32 Å². The van der Waals surface area contributed by atoms with Crippen molar-refractivity contribution in [3.8, 4) is 12.1 Å². The van der Waals surface area contributed by atoms with E-state index in [9.17, 15) is 9.18 Å². The van der Waals surface area contributed by atoms with E-state index in [0.717, 1.165) is 6.07 Å². The van der Waals surface area contributed by atoms with Crippen molar-refractivity contribution in [2.24, 2.45) is 0 Å². The molecule has 0 bridgehead atoms. The number of benzene rings is 1. The molecule has 0 radical (unpaired) electrons. The molecule has 1 amide bonds. The van der Waals surface area contributed by atoms with E-state index in [4.69, 9.17) is 10.5 Å². The third kappa shape index (κ3) is 2.78. The number of hydrogen-bond donors (Lipinski definition) is 1. The number of rotatable bonds is 2. The second-order valence-electron chi connectivity index (χ2n) is 2.69. The lowest BCUT2D eigenvalue weighted by Gasteiger charge is -2.03. The number of nitrogens with one attached hydrogen (secondary N) is 1. The molecule has 0 heterocycles. The van der Waals surface area contributed by atoms with E-state index < -0.39 is 11.7 Å². The van der Waals surface area contributed by atoms with Crippen molar-refractivity contribution in [2.45, 2.75) is 6.42 Å². The first-order chi connectivity index (χ1) is 7.17. The zero-order chi connectivity index (χ0) is 11.3. The van der Waals surface area contributed by atoms with Crippen LogP contribution in [-0.4, -0.2) is 5.91 Å². The summed E-state index contributed by atoms with van der Waals surface area (Å²) in [7, 11) is 0. The van der Waals surface area contributed by atoms with E-state index in [0.29, 0.717) is 0 Å². The fraction of sp³-hybridized carbons (Fsp3) is 0.100. The number of carbonyl (C=O) groups is 1. The smallest absolute Gasteiger partial charge is 0.238 e. The van der Waals surface area contributed by atoms with Gasteiger partial charge in [-0.1, -0.05) is 0 Å². The molecular weight excluding hydrogens is 197 g/mol. The quantitative estimate of drug-likeness (QED) is 0.792. The Kier molecular flexibility index (Phi) is 3.37. The zero-order valence-corrected chi connectivity index (χ0v) is 7.62. The molecule has 1 rings (SSSR count). The largest absolute Gasteiger partial charge is 0.323 e. The summed E-state index contributed by atoms with van der Waals surface area (Å²) in [5.41, 5.74) is 0.151. The summed E-state index contributed by atoms with van der Waals surface area (Å²) in [4.78, 5) is 11.0. The monoisotopic (exact) mass is 203 g/mol. The van der Waals surface area contributed by atoms with E-state index in [1.54, 1.807) is 6.07 Å². The molecule has 0 spiro atoms. The fourth-order valence-electron chi connectivity index (χ4n) is 0.957. The average Bonchev–Trinajstić information content (AvgIpc) is 2.21. The Hall–Kier alpha value is -2.40. The number of nitriles is 2. The fourth-order valence-corrected chi connectivity index (χ4v) is 0.957. The topological polar surface area (TPSA) is 76.7 Å². The van der Waals surface area contributed by atoms with E-state index >= 15 is 0 Å². The van der Waals surface area contributed by atoms with Gasteiger partial charge in [0.15, 0.2) is 0 Å². The normalized spacial score (nSPS) is 8.73. The van der Waals surface area contributed by atoms with Crippen LogP contribution in [0.2, 0.25) is 0 Å². The molecule has 15 heavy (non-hydrogen) atoms. The number of hydrogen-bond acceptors (Lipinski definition) is 3. The minimum atomic E-state index is -0.639. The highest BCUT2D eigenvalue weighted by atomic mass is 19.1. The lowest BCUT2D eigenvalue weighted by atomic mass is 10.2. The first-order valence-electron chi connectivity index (χ1n) is 4.04. The predicted octanol–water partition coefficient (Wildman–Crippen LogP) is 1.55. The molecule has 4 nitrogen and oxygen atoms in total. The summed E-state index contributed by atoms with van der Waals surface area (Å²) in [5.74, 6) is -1.24. The van der Waals surface area contributed by atoms with Crippen LogP contribution in [0.3, 0.4) is 0 Å². The second kappa shape index (κ2) is 4.73.